The van der Waals surface area contributed by atoms with Gasteiger partial charge < -0.3 is 4.43 Å². The third-order valence-corrected chi connectivity index (χ3v) is 9.33. The predicted molar refractivity (Wildman–Crippen MR) is 80.6 cm³/mol. The van der Waals surface area contributed by atoms with Crippen molar-refractivity contribution in [1.29, 1.82) is 0 Å². The van der Waals surface area contributed by atoms with Crippen LogP contribution in [0.1, 0.15) is 36.1 Å². The molecule has 0 radical (unpaired) electrons. The SMILES string of the molecule is Cc1cc(CCO[Si](C)(C)C(C)(C)C)c(C)s1. The van der Waals surface area contributed by atoms with Gasteiger partial charge in [-0.15, -0.1) is 11.3 Å². The van der Waals surface area contributed by atoms with Gasteiger partial charge in [0.2, 0.25) is 0 Å². The van der Waals surface area contributed by atoms with Crippen molar-refractivity contribution in [1.82, 2.24) is 0 Å². The molecule has 0 aliphatic rings. The van der Waals surface area contributed by atoms with Gasteiger partial charge in [-0.2, -0.15) is 0 Å². The molecule has 0 saturated heterocycles. The molecule has 0 spiro atoms. The van der Waals surface area contributed by atoms with Crippen molar-refractivity contribution in [2.24, 2.45) is 0 Å². The maximum absolute atomic E-state index is 6.21. The van der Waals surface area contributed by atoms with Crippen LogP contribution in [0.3, 0.4) is 0 Å². The summed E-state index contributed by atoms with van der Waals surface area (Å²) in [5.41, 5.74) is 1.46. The lowest BCUT2D eigenvalue weighted by Crippen LogP contribution is -2.41. The van der Waals surface area contributed by atoms with Gasteiger partial charge in [-0.1, -0.05) is 20.8 Å². The van der Waals surface area contributed by atoms with Crippen LogP contribution in [-0.4, -0.2) is 14.9 Å². The maximum atomic E-state index is 6.21. The highest BCUT2D eigenvalue weighted by molar-refractivity contribution is 7.12. The van der Waals surface area contributed by atoms with E-state index >= 15 is 0 Å². The molecular formula is C14H26OSSi. The third kappa shape index (κ3) is 3.93. The average Bonchev–Trinajstić information content (AvgIpc) is 2.43. The standard InChI is InChI=1S/C14H26OSSi/c1-11-10-13(12(2)16-11)8-9-15-17(6,7)14(3,4)5/h10H,8-9H2,1-7H3. The molecule has 0 atom stereocenters. The van der Waals surface area contributed by atoms with Crippen LogP contribution in [-0.2, 0) is 10.8 Å². The van der Waals surface area contributed by atoms with E-state index < -0.39 is 8.32 Å². The lowest BCUT2D eigenvalue weighted by Gasteiger charge is -2.36. The first-order valence-electron chi connectivity index (χ1n) is 6.33. The van der Waals surface area contributed by atoms with Crippen LogP contribution in [0, 0.1) is 13.8 Å². The Kier molecular flexibility index (Phi) is 4.61. The van der Waals surface area contributed by atoms with Gasteiger partial charge in [0.05, 0.1) is 0 Å². The molecule has 0 unspecified atom stereocenters. The molecular weight excluding hydrogens is 244 g/mol. The summed E-state index contributed by atoms with van der Waals surface area (Å²) in [6, 6.07) is 2.30. The minimum atomic E-state index is -1.57. The molecule has 1 aromatic heterocycles. The average molecular weight is 271 g/mol. The second-order valence-corrected chi connectivity index (χ2v) is 12.6. The highest BCUT2D eigenvalue weighted by Crippen LogP contribution is 2.36. The van der Waals surface area contributed by atoms with Crippen LogP contribution in [0.15, 0.2) is 6.07 Å². The van der Waals surface area contributed by atoms with Gasteiger partial charge in [0.15, 0.2) is 8.32 Å². The van der Waals surface area contributed by atoms with E-state index in [1.807, 2.05) is 11.3 Å². The van der Waals surface area contributed by atoms with E-state index in [1.165, 1.54) is 15.3 Å². The Balaban J connectivity index is 2.51. The number of hydrogen-bond acceptors (Lipinski definition) is 2. The summed E-state index contributed by atoms with van der Waals surface area (Å²) in [7, 11) is -1.57. The maximum Gasteiger partial charge on any atom is 0.191 e. The van der Waals surface area contributed by atoms with E-state index in [9.17, 15) is 0 Å². The Morgan fingerprint density at radius 2 is 1.82 bits per heavy atom. The number of hydrogen-bond donors (Lipinski definition) is 0. The molecule has 1 aromatic rings. The molecule has 1 nitrogen and oxygen atoms in total. The van der Waals surface area contributed by atoms with Gasteiger partial charge in [-0.25, -0.2) is 0 Å². The zero-order chi connectivity index (χ0) is 13.3. The van der Waals surface area contributed by atoms with Crippen molar-refractivity contribution in [3.8, 4) is 0 Å². The molecule has 0 aromatic carbocycles. The van der Waals surface area contributed by atoms with Crippen molar-refractivity contribution in [2.45, 2.75) is 59.2 Å². The van der Waals surface area contributed by atoms with Gasteiger partial charge in [0, 0.05) is 16.4 Å². The first kappa shape index (κ1) is 14.9. The van der Waals surface area contributed by atoms with E-state index in [0.717, 1.165) is 13.0 Å². The number of aryl methyl sites for hydroxylation is 2. The summed E-state index contributed by atoms with van der Waals surface area (Å²) < 4.78 is 6.21. The van der Waals surface area contributed by atoms with Gasteiger partial charge >= 0.3 is 0 Å². The van der Waals surface area contributed by atoms with E-state index in [-0.39, 0.29) is 0 Å². The van der Waals surface area contributed by atoms with E-state index in [4.69, 9.17) is 4.43 Å². The topological polar surface area (TPSA) is 9.23 Å². The minimum absolute atomic E-state index is 0.312. The Bertz CT molecular complexity index is 374. The first-order chi connectivity index (χ1) is 7.63. The smallest absolute Gasteiger partial charge is 0.191 e. The van der Waals surface area contributed by atoms with Crippen molar-refractivity contribution in [3.63, 3.8) is 0 Å². The molecule has 0 N–H and O–H groups in total. The van der Waals surface area contributed by atoms with E-state index in [0.29, 0.717) is 5.04 Å². The summed E-state index contributed by atoms with van der Waals surface area (Å²) in [6.45, 7) is 16.8. The van der Waals surface area contributed by atoms with Crippen LogP contribution in [0.25, 0.3) is 0 Å². The molecule has 0 bridgehead atoms. The summed E-state index contributed by atoms with van der Waals surface area (Å²) in [5, 5.41) is 0.312. The molecule has 98 valence electrons. The zero-order valence-electron chi connectivity index (χ0n) is 12.3. The van der Waals surface area contributed by atoms with Gasteiger partial charge in [0.1, 0.15) is 0 Å². The zero-order valence-corrected chi connectivity index (χ0v) is 14.1. The molecule has 0 amide bonds. The van der Waals surface area contributed by atoms with Crippen LogP contribution in [0.2, 0.25) is 18.1 Å². The molecule has 0 fully saturated rings. The van der Waals surface area contributed by atoms with Crippen LogP contribution in [0.5, 0.6) is 0 Å². The second-order valence-electron chi connectivity index (χ2n) is 6.30. The van der Waals surface area contributed by atoms with Gasteiger partial charge in [-0.05, 0) is 50.0 Å². The molecule has 0 saturated carbocycles. The Morgan fingerprint density at radius 1 is 1.24 bits per heavy atom. The fourth-order valence-electron chi connectivity index (χ4n) is 1.56. The predicted octanol–water partition coefficient (Wildman–Crippen LogP) is 4.93. The Morgan fingerprint density at radius 3 is 2.24 bits per heavy atom. The fourth-order valence-corrected chi connectivity index (χ4v) is 3.59. The Hall–Kier alpha value is -0.123. The van der Waals surface area contributed by atoms with Crippen LogP contribution in [0.4, 0.5) is 0 Å². The molecule has 1 rings (SSSR count). The van der Waals surface area contributed by atoms with E-state index in [1.54, 1.807) is 0 Å². The van der Waals surface area contributed by atoms with Crippen molar-refractivity contribution in [2.75, 3.05) is 6.61 Å². The first-order valence-corrected chi connectivity index (χ1v) is 10.1. The van der Waals surface area contributed by atoms with Crippen LogP contribution >= 0.6 is 11.3 Å². The summed E-state index contributed by atoms with van der Waals surface area (Å²) in [5.74, 6) is 0. The van der Waals surface area contributed by atoms with Crippen LogP contribution < -0.4 is 0 Å². The lowest BCUT2D eigenvalue weighted by molar-refractivity contribution is 0.292. The lowest BCUT2D eigenvalue weighted by atomic mass is 10.2. The molecule has 17 heavy (non-hydrogen) atoms. The largest absolute Gasteiger partial charge is 0.416 e. The molecule has 1 heterocycles. The fraction of sp³-hybridized carbons (Fsp3) is 0.714. The quantitative estimate of drug-likeness (QED) is 0.705. The normalized spacial score (nSPS) is 13.1. The van der Waals surface area contributed by atoms with Gasteiger partial charge in [0.25, 0.3) is 0 Å². The highest BCUT2D eigenvalue weighted by Gasteiger charge is 2.36. The summed E-state index contributed by atoms with van der Waals surface area (Å²) in [4.78, 5) is 2.85. The summed E-state index contributed by atoms with van der Waals surface area (Å²) in [6.07, 6.45) is 1.06. The molecule has 3 heteroatoms. The minimum Gasteiger partial charge on any atom is -0.416 e. The monoisotopic (exact) mass is 270 g/mol. The van der Waals surface area contributed by atoms with Crippen molar-refractivity contribution in [3.05, 3.63) is 21.4 Å². The molecule has 0 aliphatic carbocycles. The number of rotatable bonds is 4. The third-order valence-electron chi connectivity index (χ3n) is 3.78. The summed E-state index contributed by atoms with van der Waals surface area (Å²) >= 11 is 1.89. The number of thiophene rings is 1. The Labute approximate surface area is 111 Å². The molecule has 0 aliphatic heterocycles. The van der Waals surface area contributed by atoms with E-state index in [2.05, 4.69) is 53.8 Å². The van der Waals surface area contributed by atoms with Crippen molar-refractivity contribution < 1.29 is 4.43 Å². The van der Waals surface area contributed by atoms with Crippen molar-refractivity contribution >= 4 is 19.7 Å². The highest BCUT2D eigenvalue weighted by atomic mass is 32.1. The van der Waals surface area contributed by atoms with Gasteiger partial charge in [-0.3, -0.25) is 0 Å². The second kappa shape index (κ2) is 5.25.